The van der Waals surface area contributed by atoms with Gasteiger partial charge in [-0.15, -0.1) is 0 Å². The van der Waals surface area contributed by atoms with E-state index in [1.165, 1.54) is 16.7 Å². The summed E-state index contributed by atoms with van der Waals surface area (Å²) < 4.78 is 0. The van der Waals surface area contributed by atoms with Crippen molar-refractivity contribution in [3.63, 3.8) is 0 Å². The van der Waals surface area contributed by atoms with Gasteiger partial charge in [0.25, 0.3) is 0 Å². The molecule has 0 unspecified atom stereocenters. The predicted octanol–water partition coefficient (Wildman–Crippen LogP) is -3.14. The maximum absolute atomic E-state index is 13.9. The second-order valence-corrected chi connectivity index (χ2v) is 13.8. The topological polar surface area (TPSA) is 327 Å². The second-order valence-electron chi connectivity index (χ2n) is 13.8. The molecule has 2 aliphatic heterocycles. The minimum absolute atomic E-state index is 0.121. The minimum Gasteiger partial charge on any atom is -0.481 e. The molecule has 20 nitrogen and oxygen atoms in total. The van der Waals surface area contributed by atoms with Crippen molar-refractivity contribution in [1.29, 1.82) is 0 Å². The summed E-state index contributed by atoms with van der Waals surface area (Å²) in [5.41, 5.74) is 16.5. The molecule has 2 fully saturated rings. The Kier molecular flexibility index (Phi) is 17.6. The molecular weight excluding hydrogens is 698 g/mol. The van der Waals surface area contributed by atoms with E-state index in [0.717, 1.165) is 0 Å². The number of likely N-dealkylation sites (tertiary alicyclic amines) is 2. The summed E-state index contributed by atoms with van der Waals surface area (Å²) in [6, 6.07) is -8.30. The average molecular weight is 754 g/mol. The molecule has 0 spiro atoms. The summed E-state index contributed by atoms with van der Waals surface area (Å²) in [6.45, 7) is 5.39. The van der Waals surface area contributed by atoms with E-state index in [-0.39, 0.29) is 45.2 Å². The Bertz CT molecular complexity index is 1380. The lowest BCUT2D eigenvalue weighted by atomic mass is 10.0. The summed E-state index contributed by atoms with van der Waals surface area (Å²) in [7, 11) is 0. The van der Waals surface area contributed by atoms with E-state index < -0.39 is 108 Å². The first-order valence-corrected chi connectivity index (χ1v) is 17.9. The number of hydrogen-bond acceptors (Lipinski definition) is 11. The van der Waals surface area contributed by atoms with Crippen LogP contribution in [0.2, 0.25) is 0 Å². The molecule has 20 heteroatoms. The monoisotopic (exact) mass is 753 g/mol. The van der Waals surface area contributed by atoms with E-state index in [9.17, 15) is 48.3 Å². The first kappa shape index (κ1) is 44.3. The zero-order valence-corrected chi connectivity index (χ0v) is 30.5. The number of aliphatic carboxylic acids is 2. The summed E-state index contributed by atoms with van der Waals surface area (Å²) >= 11 is 0. The van der Waals surface area contributed by atoms with Crippen molar-refractivity contribution >= 4 is 53.3 Å². The fraction of sp³-hybridized carbons (Fsp3) is 0.727. The molecule has 53 heavy (non-hydrogen) atoms. The number of primary amides is 1. The van der Waals surface area contributed by atoms with Crippen molar-refractivity contribution < 1.29 is 53.4 Å². The van der Waals surface area contributed by atoms with Crippen LogP contribution in [0, 0.1) is 5.92 Å². The number of unbranched alkanes of at least 4 members (excludes halogenated alkanes) is 1. The molecule has 7 amide bonds. The number of amides is 7. The molecule has 0 radical (unpaired) electrons. The van der Waals surface area contributed by atoms with Gasteiger partial charge >= 0.3 is 11.9 Å². The lowest BCUT2D eigenvalue weighted by molar-refractivity contribution is -0.146. The van der Waals surface area contributed by atoms with Gasteiger partial charge in [-0.2, -0.15) is 0 Å². The summed E-state index contributed by atoms with van der Waals surface area (Å²) in [5.74, 6) is -8.01. The van der Waals surface area contributed by atoms with Crippen molar-refractivity contribution in [2.75, 3.05) is 19.6 Å². The Morgan fingerprint density at radius 3 is 1.81 bits per heavy atom. The fourth-order valence-electron chi connectivity index (χ4n) is 6.29. The van der Waals surface area contributed by atoms with E-state index in [4.69, 9.17) is 22.3 Å². The van der Waals surface area contributed by atoms with Gasteiger partial charge in [-0.3, -0.25) is 38.4 Å². The van der Waals surface area contributed by atoms with E-state index in [1.54, 1.807) is 13.8 Å². The number of carboxylic acids is 2. The molecule has 0 aliphatic carbocycles. The first-order valence-electron chi connectivity index (χ1n) is 17.9. The van der Waals surface area contributed by atoms with Gasteiger partial charge in [0, 0.05) is 19.5 Å². The minimum atomic E-state index is -1.36. The van der Waals surface area contributed by atoms with Gasteiger partial charge in [-0.25, -0.2) is 4.79 Å². The van der Waals surface area contributed by atoms with Crippen LogP contribution in [0.15, 0.2) is 0 Å². The molecule has 7 atom stereocenters. The number of carbonyl (C=O) groups is 9. The predicted molar refractivity (Wildman–Crippen MR) is 187 cm³/mol. The van der Waals surface area contributed by atoms with Crippen molar-refractivity contribution in [2.45, 2.75) is 127 Å². The highest BCUT2D eigenvalue weighted by atomic mass is 16.4. The van der Waals surface area contributed by atoms with Crippen LogP contribution in [-0.4, -0.2) is 135 Å². The van der Waals surface area contributed by atoms with Gasteiger partial charge < -0.3 is 58.5 Å². The normalized spacial score (nSPS) is 19.7. The third-order valence-corrected chi connectivity index (χ3v) is 9.25. The molecule has 2 saturated heterocycles. The first-order chi connectivity index (χ1) is 24.9. The molecule has 0 bridgehead atoms. The molecule has 0 aromatic rings. The number of rotatable bonds is 21. The molecule has 298 valence electrons. The SMILES string of the molecule is CC(C)[C@H](NC(=O)[C@@H]1CCCN1C(=O)[C@@H](N)CC(=O)O)C(=O)N1CCC[C@H]1C(=O)N[C@@H](CCC(N)=O)C(=O)N[C@@H](C)C(=O)N[C@@H](CCCCN)C(=O)O. The van der Waals surface area contributed by atoms with Gasteiger partial charge in [0.15, 0.2) is 0 Å². The molecule has 0 aromatic carbocycles. The molecule has 2 heterocycles. The van der Waals surface area contributed by atoms with Crippen molar-refractivity contribution in [3.8, 4) is 0 Å². The summed E-state index contributed by atoms with van der Waals surface area (Å²) in [5, 5.41) is 28.6. The number of carbonyl (C=O) groups excluding carboxylic acids is 7. The third kappa shape index (κ3) is 13.3. The highest BCUT2D eigenvalue weighted by molar-refractivity contribution is 5.97. The molecule has 0 saturated carbocycles. The Morgan fingerprint density at radius 2 is 1.30 bits per heavy atom. The lowest BCUT2D eigenvalue weighted by Gasteiger charge is -2.33. The lowest BCUT2D eigenvalue weighted by Crippen LogP contribution is -2.60. The number of nitrogens with two attached hydrogens (primary N) is 3. The zero-order valence-electron chi connectivity index (χ0n) is 30.5. The van der Waals surface area contributed by atoms with Gasteiger partial charge in [0.2, 0.25) is 41.4 Å². The van der Waals surface area contributed by atoms with Crippen molar-refractivity contribution in [3.05, 3.63) is 0 Å². The molecule has 2 aliphatic rings. The molecule has 0 aromatic heterocycles. The Balaban J connectivity index is 2.15. The van der Waals surface area contributed by atoms with Gasteiger partial charge in [0.1, 0.15) is 36.3 Å². The van der Waals surface area contributed by atoms with Crippen molar-refractivity contribution in [1.82, 2.24) is 31.1 Å². The Morgan fingerprint density at radius 1 is 0.736 bits per heavy atom. The van der Waals surface area contributed by atoms with E-state index >= 15 is 0 Å². The molecule has 12 N–H and O–H groups in total. The van der Waals surface area contributed by atoms with Crippen LogP contribution < -0.4 is 38.5 Å². The average Bonchev–Trinajstić information content (AvgIpc) is 3.78. The van der Waals surface area contributed by atoms with E-state index in [2.05, 4.69) is 21.3 Å². The van der Waals surface area contributed by atoms with Crippen LogP contribution in [0.1, 0.15) is 85.0 Å². The van der Waals surface area contributed by atoms with E-state index in [0.29, 0.717) is 32.2 Å². The maximum Gasteiger partial charge on any atom is 0.326 e. The number of hydrogen-bond donors (Lipinski definition) is 9. The number of nitrogens with one attached hydrogen (secondary N) is 4. The standard InChI is InChI=1S/C33H55N9O11/c1-17(2)26(40-30(49)23-10-6-14-41(23)31(50)19(35)16-25(44)45)32(51)42-15-7-9-22(42)29(48)38-20(11-12-24(36)43)28(47)37-18(3)27(46)39-21(33(52)53)8-4-5-13-34/h17-23,26H,4-16,34-35H2,1-3H3,(H2,36,43)(H,37,47)(H,38,48)(H,39,46)(H,40,49)(H,44,45)(H,52,53)/t18-,19-,20-,21-,22-,23-,26-/m0/s1. The molecule has 2 rings (SSSR count). The Labute approximate surface area is 307 Å². The van der Waals surface area contributed by atoms with Crippen LogP contribution in [0.4, 0.5) is 0 Å². The largest absolute Gasteiger partial charge is 0.481 e. The zero-order chi connectivity index (χ0) is 40.0. The third-order valence-electron chi connectivity index (χ3n) is 9.25. The highest BCUT2D eigenvalue weighted by Crippen LogP contribution is 2.23. The summed E-state index contributed by atoms with van der Waals surface area (Å²) in [6.07, 6.45) is 1.33. The Hall–Kier alpha value is -4.85. The van der Waals surface area contributed by atoms with E-state index in [1.807, 2.05) is 0 Å². The highest BCUT2D eigenvalue weighted by Gasteiger charge is 2.42. The van der Waals surface area contributed by atoms with Crippen LogP contribution in [0.25, 0.3) is 0 Å². The fourth-order valence-corrected chi connectivity index (χ4v) is 6.29. The molecular formula is C33H55N9O11. The van der Waals surface area contributed by atoms with Crippen LogP contribution >= 0.6 is 0 Å². The smallest absolute Gasteiger partial charge is 0.326 e. The summed E-state index contributed by atoms with van der Waals surface area (Å²) in [4.78, 5) is 117. The maximum atomic E-state index is 13.9. The van der Waals surface area contributed by atoms with Crippen LogP contribution in [0.5, 0.6) is 0 Å². The second kappa shape index (κ2) is 21.0. The van der Waals surface area contributed by atoms with Gasteiger partial charge in [-0.1, -0.05) is 13.8 Å². The van der Waals surface area contributed by atoms with Gasteiger partial charge in [-0.05, 0) is 70.8 Å². The van der Waals surface area contributed by atoms with Gasteiger partial charge in [0.05, 0.1) is 12.5 Å². The number of nitrogens with zero attached hydrogens (tertiary/aromatic N) is 2. The van der Waals surface area contributed by atoms with Crippen molar-refractivity contribution in [2.24, 2.45) is 23.1 Å². The quantitative estimate of drug-likeness (QED) is 0.0524. The number of carboxylic acid groups (broad SMARTS) is 2. The van der Waals surface area contributed by atoms with Crippen LogP contribution in [-0.2, 0) is 43.2 Å². The van der Waals surface area contributed by atoms with Crippen LogP contribution in [0.3, 0.4) is 0 Å².